The summed E-state index contributed by atoms with van der Waals surface area (Å²) in [6, 6.07) is 21.2. The molecule has 3 aromatic carbocycles. The van der Waals surface area contributed by atoms with Crippen molar-refractivity contribution >= 4 is 68.5 Å². The number of thioether (sulfide) groups is 2. The fraction of sp³-hybridized carbons (Fsp3) is 0.200. The van der Waals surface area contributed by atoms with Gasteiger partial charge in [-0.15, -0.1) is 11.8 Å². The molecule has 6 nitrogen and oxygen atoms in total. The molecular weight excluding hydrogens is 485 g/mol. The molecule has 4 rings (SSSR count). The predicted molar refractivity (Wildman–Crippen MR) is 143 cm³/mol. The number of anilines is 2. The zero-order valence-electron chi connectivity index (χ0n) is 18.8. The van der Waals surface area contributed by atoms with E-state index in [2.05, 4.69) is 20.0 Å². The molecule has 0 fully saturated rings. The molecule has 2 N–H and O–H groups in total. The fourth-order valence-electron chi connectivity index (χ4n) is 3.30. The minimum absolute atomic E-state index is 0.109. The highest BCUT2D eigenvalue weighted by atomic mass is 32.2. The summed E-state index contributed by atoms with van der Waals surface area (Å²) in [6.45, 7) is 4.01. The SMILES string of the molecule is CCSc1nsc(NC(=O)C(CC)Sc2cccc(NC(=O)c3ccc4ccccc4c3)c2)n1. The molecule has 1 heterocycles. The number of hydrogen-bond donors (Lipinski definition) is 2. The molecule has 0 aliphatic rings. The maximum Gasteiger partial charge on any atom is 0.255 e. The van der Waals surface area contributed by atoms with E-state index in [-0.39, 0.29) is 17.1 Å². The number of amides is 2. The van der Waals surface area contributed by atoms with E-state index >= 15 is 0 Å². The lowest BCUT2D eigenvalue weighted by molar-refractivity contribution is -0.115. The molecular formula is C25H24N4O2S3. The van der Waals surface area contributed by atoms with Crippen molar-refractivity contribution in [2.24, 2.45) is 0 Å². The van der Waals surface area contributed by atoms with E-state index in [9.17, 15) is 9.59 Å². The van der Waals surface area contributed by atoms with Gasteiger partial charge in [-0.2, -0.15) is 9.36 Å². The average Bonchev–Trinajstić information content (AvgIpc) is 3.29. The first-order valence-electron chi connectivity index (χ1n) is 10.9. The Morgan fingerprint density at radius 3 is 2.59 bits per heavy atom. The number of fused-ring (bicyclic) bond motifs is 1. The molecule has 1 atom stereocenters. The minimum Gasteiger partial charge on any atom is -0.322 e. The smallest absolute Gasteiger partial charge is 0.255 e. The van der Waals surface area contributed by atoms with Crippen molar-refractivity contribution in [1.82, 2.24) is 9.36 Å². The number of nitrogens with one attached hydrogen (secondary N) is 2. The van der Waals surface area contributed by atoms with E-state index in [1.54, 1.807) is 11.8 Å². The first-order chi connectivity index (χ1) is 16.6. The van der Waals surface area contributed by atoms with E-state index in [4.69, 9.17) is 0 Å². The number of rotatable bonds is 9. The molecule has 174 valence electrons. The Morgan fingerprint density at radius 2 is 1.79 bits per heavy atom. The number of benzene rings is 3. The Kier molecular flexibility index (Phi) is 8.21. The van der Waals surface area contributed by atoms with Gasteiger partial charge in [0.15, 0.2) is 0 Å². The van der Waals surface area contributed by atoms with Crippen LogP contribution in [0.3, 0.4) is 0 Å². The Bertz CT molecular complexity index is 1310. The summed E-state index contributed by atoms with van der Waals surface area (Å²) in [5, 5.41) is 8.85. The molecule has 2 amide bonds. The second kappa shape index (κ2) is 11.5. The molecule has 34 heavy (non-hydrogen) atoms. The standard InChI is InChI=1S/C25H24N4O2S3/c1-3-21(23(31)27-24-28-25(29-34-24)32-4-2)33-20-11-7-10-19(15-20)26-22(30)18-13-12-16-8-5-6-9-17(16)14-18/h5-15,21H,3-4H2,1-2H3,(H,26,30)(H,27,28,29,31). The van der Waals surface area contributed by atoms with Crippen LogP contribution in [0.1, 0.15) is 30.6 Å². The third kappa shape index (κ3) is 6.16. The van der Waals surface area contributed by atoms with Crippen LogP contribution in [0.2, 0.25) is 0 Å². The summed E-state index contributed by atoms with van der Waals surface area (Å²) in [5.41, 5.74) is 1.28. The van der Waals surface area contributed by atoms with Crippen LogP contribution in [-0.4, -0.2) is 32.2 Å². The normalized spacial score (nSPS) is 11.8. The first kappa shape index (κ1) is 24.3. The molecule has 0 radical (unpaired) electrons. The highest BCUT2D eigenvalue weighted by Crippen LogP contribution is 2.29. The largest absolute Gasteiger partial charge is 0.322 e. The second-order valence-corrected chi connectivity index (χ2v) is 10.6. The summed E-state index contributed by atoms with van der Waals surface area (Å²) >= 11 is 4.19. The van der Waals surface area contributed by atoms with E-state index in [1.165, 1.54) is 23.3 Å². The van der Waals surface area contributed by atoms with Crippen LogP contribution in [0.15, 0.2) is 76.8 Å². The zero-order valence-corrected chi connectivity index (χ0v) is 21.2. The van der Waals surface area contributed by atoms with Crippen LogP contribution < -0.4 is 10.6 Å². The van der Waals surface area contributed by atoms with Crippen LogP contribution in [-0.2, 0) is 4.79 Å². The molecule has 1 unspecified atom stereocenters. The number of carbonyl (C=O) groups excluding carboxylic acids is 2. The number of carbonyl (C=O) groups is 2. The molecule has 1 aromatic heterocycles. The molecule has 0 aliphatic heterocycles. The van der Waals surface area contributed by atoms with Gasteiger partial charge >= 0.3 is 0 Å². The van der Waals surface area contributed by atoms with Gasteiger partial charge in [-0.1, -0.05) is 62.0 Å². The fourth-order valence-corrected chi connectivity index (χ4v) is 5.59. The Morgan fingerprint density at radius 1 is 0.971 bits per heavy atom. The van der Waals surface area contributed by atoms with Crippen LogP contribution >= 0.6 is 35.1 Å². The lowest BCUT2D eigenvalue weighted by Gasteiger charge is -2.14. The maximum atomic E-state index is 12.8. The molecule has 0 aliphatic carbocycles. The topological polar surface area (TPSA) is 84.0 Å². The highest BCUT2D eigenvalue weighted by molar-refractivity contribution is 8.00. The lowest BCUT2D eigenvalue weighted by Crippen LogP contribution is -2.24. The number of aromatic nitrogens is 2. The van der Waals surface area contributed by atoms with Crippen molar-refractivity contribution in [1.29, 1.82) is 0 Å². The monoisotopic (exact) mass is 508 g/mol. The molecule has 0 saturated carbocycles. The van der Waals surface area contributed by atoms with Gasteiger partial charge in [0.1, 0.15) is 0 Å². The van der Waals surface area contributed by atoms with Crippen LogP contribution in [0.5, 0.6) is 0 Å². The van der Waals surface area contributed by atoms with Gasteiger partial charge in [0.25, 0.3) is 5.91 Å². The van der Waals surface area contributed by atoms with Crippen molar-refractivity contribution < 1.29 is 9.59 Å². The summed E-state index contributed by atoms with van der Waals surface area (Å²) in [7, 11) is 0. The third-order valence-electron chi connectivity index (χ3n) is 4.96. The van der Waals surface area contributed by atoms with E-state index < -0.39 is 0 Å². The lowest BCUT2D eigenvalue weighted by atomic mass is 10.1. The predicted octanol–water partition coefficient (Wildman–Crippen LogP) is 6.57. The number of hydrogen-bond acceptors (Lipinski definition) is 7. The molecule has 4 aromatic rings. The van der Waals surface area contributed by atoms with Gasteiger partial charge < -0.3 is 5.32 Å². The van der Waals surface area contributed by atoms with Gasteiger partial charge in [0.05, 0.1) is 5.25 Å². The van der Waals surface area contributed by atoms with Gasteiger partial charge in [-0.3, -0.25) is 14.9 Å². The van der Waals surface area contributed by atoms with Crippen LogP contribution in [0, 0.1) is 0 Å². The summed E-state index contributed by atoms with van der Waals surface area (Å²) in [4.78, 5) is 30.9. The van der Waals surface area contributed by atoms with Crippen molar-refractivity contribution in [3.05, 3.63) is 72.3 Å². The van der Waals surface area contributed by atoms with Crippen molar-refractivity contribution in [3.8, 4) is 0 Å². The highest BCUT2D eigenvalue weighted by Gasteiger charge is 2.20. The molecule has 0 spiro atoms. The van der Waals surface area contributed by atoms with E-state index in [1.807, 2.05) is 80.6 Å². The maximum absolute atomic E-state index is 12.8. The zero-order chi connectivity index (χ0) is 23.9. The van der Waals surface area contributed by atoms with Crippen molar-refractivity contribution in [3.63, 3.8) is 0 Å². The average molecular weight is 509 g/mol. The third-order valence-corrected chi connectivity index (χ3v) is 7.79. The molecule has 9 heteroatoms. The Hall–Kier alpha value is -2.88. The van der Waals surface area contributed by atoms with Crippen LogP contribution in [0.4, 0.5) is 10.8 Å². The van der Waals surface area contributed by atoms with Crippen LogP contribution in [0.25, 0.3) is 10.8 Å². The Labute approximate surface area is 211 Å². The molecule has 0 bridgehead atoms. The molecule has 0 saturated heterocycles. The van der Waals surface area contributed by atoms with Gasteiger partial charge in [0, 0.05) is 27.7 Å². The minimum atomic E-state index is -0.294. The summed E-state index contributed by atoms with van der Waals surface area (Å²) in [5.74, 6) is 0.600. The first-order valence-corrected chi connectivity index (χ1v) is 13.5. The second-order valence-electron chi connectivity index (χ2n) is 7.36. The van der Waals surface area contributed by atoms with E-state index in [0.29, 0.717) is 28.0 Å². The quantitative estimate of drug-likeness (QED) is 0.249. The number of nitrogens with zero attached hydrogens (tertiary/aromatic N) is 2. The van der Waals surface area contributed by atoms with Gasteiger partial charge in [0.2, 0.25) is 16.2 Å². The van der Waals surface area contributed by atoms with Gasteiger partial charge in [-0.25, -0.2) is 0 Å². The Balaban J connectivity index is 1.41. The van der Waals surface area contributed by atoms with Crippen molar-refractivity contribution in [2.75, 3.05) is 16.4 Å². The summed E-state index contributed by atoms with van der Waals surface area (Å²) < 4.78 is 4.24. The van der Waals surface area contributed by atoms with Crippen molar-refractivity contribution in [2.45, 2.75) is 35.6 Å². The summed E-state index contributed by atoms with van der Waals surface area (Å²) in [6.07, 6.45) is 0.652. The van der Waals surface area contributed by atoms with Gasteiger partial charge in [-0.05, 0) is 53.3 Å². The van der Waals surface area contributed by atoms with E-state index in [0.717, 1.165) is 21.4 Å².